The molecule has 210 valence electrons. The molecule has 0 radical (unpaired) electrons. The SMILES string of the molecule is CC1(C)c2ccccc2C2(c3ccccc31)c1cc(-c3cccc4nsnc34)sc1-c1sc(-c3cccc4nsnc34)cc12. The zero-order valence-corrected chi connectivity index (χ0v) is 26.9. The smallest absolute Gasteiger partial charge is 0.113 e. The second kappa shape index (κ2) is 8.76. The Morgan fingerprint density at radius 1 is 0.477 bits per heavy atom. The Bertz CT molecular complexity index is 2290. The first-order valence-electron chi connectivity index (χ1n) is 14.5. The van der Waals surface area contributed by atoms with Crippen LogP contribution in [0.1, 0.15) is 47.2 Å². The molecule has 0 saturated carbocycles. The van der Waals surface area contributed by atoms with Gasteiger partial charge in [0.2, 0.25) is 0 Å². The monoisotopic (exact) mass is 638 g/mol. The summed E-state index contributed by atoms with van der Waals surface area (Å²) in [5, 5.41) is 0. The molecule has 4 aromatic carbocycles. The van der Waals surface area contributed by atoms with Crippen molar-refractivity contribution in [3.8, 4) is 30.6 Å². The van der Waals surface area contributed by atoms with Gasteiger partial charge in [0.05, 0.1) is 38.6 Å². The molecule has 0 N–H and O–H groups in total. The zero-order chi connectivity index (χ0) is 29.2. The van der Waals surface area contributed by atoms with Gasteiger partial charge >= 0.3 is 0 Å². The normalized spacial score (nSPS) is 15.4. The molecule has 8 heteroatoms. The second-order valence-electron chi connectivity index (χ2n) is 12.0. The molecule has 0 fully saturated rings. The van der Waals surface area contributed by atoms with Crippen LogP contribution in [0.3, 0.4) is 0 Å². The average Bonchev–Trinajstić information content (AvgIpc) is 3.88. The van der Waals surface area contributed by atoms with Crippen LogP contribution >= 0.6 is 46.1 Å². The number of hydrogen-bond donors (Lipinski definition) is 0. The fraction of sp³-hybridized carbons (Fsp3) is 0.111. The molecular formula is C36H22N4S4. The van der Waals surface area contributed by atoms with E-state index >= 15 is 0 Å². The molecule has 8 aromatic rings. The molecule has 0 aliphatic heterocycles. The van der Waals surface area contributed by atoms with Gasteiger partial charge < -0.3 is 0 Å². The largest absolute Gasteiger partial charge is 0.173 e. The first-order chi connectivity index (χ1) is 21.6. The highest BCUT2D eigenvalue weighted by Crippen LogP contribution is 2.66. The lowest BCUT2D eigenvalue weighted by molar-refractivity contribution is 0.564. The maximum absolute atomic E-state index is 4.71. The Morgan fingerprint density at radius 3 is 1.41 bits per heavy atom. The van der Waals surface area contributed by atoms with E-state index in [1.807, 2.05) is 22.7 Å². The Hall–Kier alpha value is -4.08. The van der Waals surface area contributed by atoms with E-state index in [1.54, 1.807) is 0 Å². The van der Waals surface area contributed by atoms with Crippen LogP contribution in [0.4, 0.5) is 0 Å². The molecule has 1 spiro atoms. The first-order valence-corrected chi connectivity index (χ1v) is 17.6. The summed E-state index contributed by atoms with van der Waals surface area (Å²) in [6, 6.07) is 35.9. The molecule has 0 atom stereocenters. The molecule has 0 amide bonds. The van der Waals surface area contributed by atoms with E-state index in [2.05, 4.69) is 120 Å². The standard InChI is InChI=1S/C36H22N4S4/c1-35(2)21-11-3-5-13-23(21)36(24-14-6-4-12-22(24)35)25-17-29(19-9-7-15-27-31(19)39-43-37-27)41-33(25)34-26(36)18-30(42-34)20-10-8-16-28-32(20)40-44-38-28/h3-18H,1-2H3. The molecule has 0 saturated heterocycles. The summed E-state index contributed by atoms with van der Waals surface area (Å²) in [7, 11) is 0. The highest BCUT2D eigenvalue weighted by Gasteiger charge is 2.55. The van der Waals surface area contributed by atoms with E-state index in [0.717, 1.165) is 33.2 Å². The van der Waals surface area contributed by atoms with Crippen molar-refractivity contribution in [3.05, 3.63) is 130 Å². The molecule has 10 rings (SSSR count). The minimum absolute atomic E-state index is 0.130. The van der Waals surface area contributed by atoms with Gasteiger partial charge in [0.15, 0.2) is 0 Å². The number of aromatic nitrogens is 4. The Kier molecular flexibility index (Phi) is 5.03. The lowest BCUT2D eigenvalue weighted by Gasteiger charge is -2.46. The number of hydrogen-bond acceptors (Lipinski definition) is 8. The van der Waals surface area contributed by atoms with Gasteiger partial charge in [-0.25, -0.2) is 0 Å². The van der Waals surface area contributed by atoms with Crippen molar-refractivity contribution >= 4 is 68.2 Å². The third-order valence-electron chi connectivity index (χ3n) is 9.59. The maximum atomic E-state index is 4.71. The van der Waals surface area contributed by atoms with Crippen molar-refractivity contribution in [3.63, 3.8) is 0 Å². The van der Waals surface area contributed by atoms with Gasteiger partial charge in [-0.15, -0.1) is 22.7 Å². The second-order valence-corrected chi connectivity index (χ2v) is 15.2. The van der Waals surface area contributed by atoms with Crippen molar-refractivity contribution < 1.29 is 0 Å². The van der Waals surface area contributed by atoms with Gasteiger partial charge in [0, 0.05) is 26.3 Å². The number of fused-ring (bicyclic) bond motifs is 11. The fourth-order valence-electron chi connectivity index (χ4n) is 7.68. The summed E-state index contributed by atoms with van der Waals surface area (Å²) in [6.45, 7) is 4.75. The summed E-state index contributed by atoms with van der Waals surface area (Å²) < 4.78 is 18.5. The quantitative estimate of drug-likeness (QED) is 0.189. The van der Waals surface area contributed by atoms with Gasteiger partial charge in [0.1, 0.15) is 22.1 Å². The number of rotatable bonds is 2. The molecule has 4 nitrogen and oxygen atoms in total. The van der Waals surface area contributed by atoms with Crippen molar-refractivity contribution in [2.75, 3.05) is 0 Å². The van der Waals surface area contributed by atoms with E-state index in [0.29, 0.717) is 0 Å². The van der Waals surface area contributed by atoms with Crippen LogP contribution in [0.5, 0.6) is 0 Å². The molecule has 4 heterocycles. The number of benzene rings is 4. The molecule has 0 unspecified atom stereocenters. The van der Waals surface area contributed by atoms with Crippen LogP contribution in [0.2, 0.25) is 0 Å². The molecule has 2 aliphatic carbocycles. The molecular weight excluding hydrogens is 617 g/mol. The first kappa shape index (κ1) is 25.3. The summed E-state index contributed by atoms with van der Waals surface area (Å²) >= 11 is 6.34. The van der Waals surface area contributed by atoms with Gasteiger partial charge in [-0.2, -0.15) is 17.5 Å². The number of nitrogens with zero attached hydrogens (tertiary/aromatic N) is 4. The minimum atomic E-state index is -0.431. The Labute approximate surface area is 270 Å². The predicted octanol–water partition coefficient (Wildman–Crippen LogP) is 10.2. The Morgan fingerprint density at radius 2 is 0.932 bits per heavy atom. The van der Waals surface area contributed by atoms with Crippen LogP contribution in [0, 0.1) is 0 Å². The van der Waals surface area contributed by atoms with Crippen LogP contribution < -0.4 is 0 Å². The molecule has 0 bridgehead atoms. The van der Waals surface area contributed by atoms with E-state index in [4.69, 9.17) is 8.75 Å². The van der Waals surface area contributed by atoms with E-state index < -0.39 is 5.41 Å². The van der Waals surface area contributed by atoms with Crippen LogP contribution in [-0.4, -0.2) is 17.5 Å². The van der Waals surface area contributed by atoms with Crippen LogP contribution in [0.25, 0.3) is 52.7 Å². The molecule has 2 aliphatic rings. The summed E-state index contributed by atoms with van der Waals surface area (Å²) in [4.78, 5) is 5.16. The third kappa shape index (κ3) is 3.06. The van der Waals surface area contributed by atoms with Gasteiger partial charge in [-0.3, -0.25) is 0 Å². The lowest BCUT2D eigenvalue weighted by atomic mass is 9.56. The van der Waals surface area contributed by atoms with Gasteiger partial charge in [0.25, 0.3) is 0 Å². The van der Waals surface area contributed by atoms with Crippen molar-refractivity contribution in [1.29, 1.82) is 0 Å². The third-order valence-corrected chi connectivity index (χ3v) is 13.2. The average molecular weight is 639 g/mol. The fourth-order valence-corrected chi connectivity index (χ4v) is 11.4. The van der Waals surface area contributed by atoms with Gasteiger partial charge in [-0.1, -0.05) is 86.6 Å². The molecule has 44 heavy (non-hydrogen) atoms. The summed E-state index contributed by atoms with van der Waals surface area (Å²) in [5.41, 5.74) is 13.9. The van der Waals surface area contributed by atoms with Crippen LogP contribution in [-0.2, 0) is 10.8 Å². The maximum Gasteiger partial charge on any atom is 0.113 e. The highest BCUT2D eigenvalue weighted by atomic mass is 32.1. The summed E-state index contributed by atoms with van der Waals surface area (Å²) in [6.07, 6.45) is 0. The lowest BCUT2D eigenvalue weighted by Crippen LogP contribution is -2.40. The minimum Gasteiger partial charge on any atom is -0.173 e. The van der Waals surface area contributed by atoms with Crippen molar-refractivity contribution in [1.82, 2.24) is 17.5 Å². The van der Waals surface area contributed by atoms with E-state index in [-0.39, 0.29) is 5.41 Å². The van der Waals surface area contributed by atoms with Crippen molar-refractivity contribution in [2.24, 2.45) is 0 Å². The van der Waals surface area contributed by atoms with E-state index in [9.17, 15) is 0 Å². The van der Waals surface area contributed by atoms with Gasteiger partial charge in [-0.05, 0) is 57.6 Å². The molecule has 4 aromatic heterocycles. The predicted molar refractivity (Wildman–Crippen MR) is 184 cm³/mol. The zero-order valence-electron chi connectivity index (χ0n) is 23.7. The Balaban J connectivity index is 1.34. The summed E-state index contributed by atoms with van der Waals surface area (Å²) in [5.74, 6) is 0. The number of thiophene rings is 2. The van der Waals surface area contributed by atoms with Crippen LogP contribution in [0.15, 0.2) is 97.1 Å². The topological polar surface area (TPSA) is 51.6 Å². The van der Waals surface area contributed by atoms with Crippen molar-refractivity contribution in [2.45, 2.75) is 24.7 Å². The highest BCUT2D eigenvalue weighted by molar-refractivity contribution is 7.26. The van der Waals surface area contributed by atoms with E-state index in [1.165, 1.54) is 76.3 Å².